The van der Waals surface area contributed by atoms with Crippen molar-refractivity contribution in [2.75, 3.05) is 13.1 Å². The first kappa shape index (κ1) is 18.1. The molecule has 4 heterocycles. The zero-order valence-electron chi connectivity index (χ0n) is 15.0. The van der Waals surface area contributed by atoms with Gasteiger partial charge in [-0.25, -0.2) is 14.2 Å². The zero-order chi connectivity index (χ0) is 19.3. The molecule has 0 saturated carbocycles. The Morgan fingerprint density at radius 3 is 2.74 bits per heavy atom. The monoisotopic (exact) mass is 393 g/mol. The quantitative estimate of drug-likeness (QED) is 0.844. The van der Waals surface area contributed by atoms with Gasteiger partial charge in [-0.1, -0.05) is 6.42 Å². The topological polar surface area (TPSA) is 92.5 Å². The summed E-state index contributed by atoms with van der Waals surface area (Å²) in [7, 11) is 0. The number of thiophene rings is 1. The maximum absolute atomic E-state index is 14.3. The number of carboxylic acid groups (broad SMARTS) is 1. The second kappa shape index (κ2) is 6.40. The van der Waals surface area contributed by atoms with Crippen molar-refractivity contribution in [1.82, 2.24) is 14.5 Å². The largest absolute Gasteiger partial charge is 0.479 e. The summed E-state index contributed by atoms with van der Waals surface area (Å²) in [6.07, 6.45) is 3.47. The Morgan fingerprint density at radius 1 is 1.26 bits per heavy atom. The third-order valence-corrected chi connectivity index (χ3v) is 6.67. The van der Waals surface area contributed by atoms with Gasteiger partial charge in [0.1, 0.15) is 10.7 Å². The molecule has 144 valence electrons. The average Bonchev–Trinajstić information content (AvgIpc) is 3.08. The summed E-state index contributed by atoms with van der Waals surface area (Å²) in [5.74, 6) is -1.23. The predicted molar refractivity (Wildman–Crippen MR) is 98.2 cm³/mol. The number of halogens is 1. The molecule has 1 unspecified atom stereocenters. The Hall–Kier alpha value is -2.29. The van der Waals surface area contributed by atoms with E-state index in [0.29, 0.717) is 27.2 Å². The number of likely N-dealkylation sites (tertiary alicyclic amines) is 1. The molecule has 0 radical (unpaired) electrons. The van der Waals surface area contributed by atoms with E-state index in [9.17, 15) is 18.8 Å². The van der Waals surface area contributed by atoms with Crippen molar-refractivity contribution in [2.45, 2.75) is 51.2 Å². The van der Waals surface area contributed by atoms with E-state index in [-0.39, 0.29) is 18.5 Å². The van der Waals surface area contributed by atoms with Gasteiger partial charge in [0.2, 0.25) is 5.67 Å². The molecule has 1 N–H and O–H groups in total. The van der Waals surface area contributed by atoms with Crippen LogP contribution in [0.5, 0.6) is 0 Å². The van der Waals surface area contributed by atoms with E-state index in [1.165, 1.54) is 4.90 Å². The van der Waals surface area contributed by atoms with Crippen LogP contribution in [-0.4, -0.2) is 50.2 Å². The van der Waals surface area contributed by atoms with Crippen LogP contribution in [0.1, 0.15) is 46.7 Å². The van der Waals surface area contributed by atoms with Gasteiger partial charge in [-0.2, -0.15) is 0 Å². The van der Waals surface area contributed by atoms with Crippen LogP contribution in [0.25, 0.3) is 10.2 Å². The van der Waals surface area contributed by atoms with E-state index in [1.54, 1.807) is 11.5 Å². The third-order valence-electron chi connectivity index (χ3n) is 5.50. The lowest BCUT2D eigenvalue weighted by Crippen LogP contribution is -2.38. The van der Waals surface area contributed by atoms with Crippen LogP contribution >= 0.6 is 11.3 Å². The van der Waals surface area contributed by atoms with Crippen LogP contribution in [0.2, 0.25) is 0 Å². The van der Waals surface area contributed by atoms with Gasteiger partial charge in [0.25, 0.3) is 11.5 Å². The fourth-order valence-corrected chi connectivity index (χ4v) is 5.04. The minimum absolute atomic E-state index is 0.0399. The highest BCUT2D eigenvalue weighted by atomic mass is 32.1. The summed E-state index contributed by atoms with van der Waals surface area (Å²) in [5.41, 5.74) is -1.99. The van der Waals surface area contributed by atoms with Crippen LogP contribution in [0.15, 0.2) is 4.79 Å². The molecule has 1 fully saturated rings. The van der Waals surface area contributed by atoms with Crippen LogP contribution in [0, 0.1) is 6.92 Å². The summed E-state index contributed by atoms with van der Waals surface area (Å²) < 4.78 is 16.0. The highest BCUT2D eigenvalue weighted by Gasteiger charge is 2.47. The number of aryl methyl sites for hydroxylation is 2. The number of nitrogens with zero attached hydrogens (tertiary/aromatic N) is 3. The van der Waals surface area contributed by atoms with E-state index in [1.807, 2.05) is 0 Å². The van der Waals surface area contributed by atoms with Gasteiger partial charge in [0.15, 0.2) is 0 Å². The number of alkyl halides is 1. The second-order valence-electron chi connectivity index (χ2n) is 7.28. The van der Waals surface area contributed by atoms with E-state index in [0.717, 1.165) is 42.8 Å². The Labute approximate surface area is 158 Å². The minimum atomic E-state index is -2.41. The zero-order valence-corrected chi connectivity index (χ0v) is 15.8. The lowest BCUT2D eigenvalue weighted by atomic mass is 10.1. The van der Waals surface area contributed by atoms with Gasteiger partial charge in [0.05, 0.1) is 16.8 Å². The number of rotatable bonds is 2. The first-order valence-corrected chi connectivity index (χ1v) is 9.88. The number of hydrogen-bond acceptors (Lipinski definition) is 5. The fourth-order valence-electron chi connectivity index (χ4n) is 3.88. The maximum atomic E-state index is 14.3. The van der Waals surface area contributed by atoms with Crippen LogP contribution in [0.3, 0.4) is 0 Å². The number of carbonyl (C=O) groups is 2. The van der Waals surface area contributed by atoms with E-state index in [2.05, 4.69) is 4.98 Å². The first-order valence-electron chi connectivity index (χ1n) is 9.06. The number of aromatic nitrogens is 2. The maximum Gasteiger partial charge on any atom is 0.343 e. The summed E-state index contributed by atoms with van der Waals surface area (Å²) in [5, 5.41) is 9.47. The molecule has 0 aromatic carbocycles. The smallest absolute Gasteiger partial charge is 0.343 e. The van der Waals surface area contributed by atoms with E-state index < -0.39 is 24.1 Å². The molecule has 7 nitrogen and oxygen atoms in total. The molecule has 0 spiro atoms. The van der Waals surface area contributed by atoms with Gasteiger partial charge < -0.3 is 10.0 Å². The highest BCUT2D eigenvalue weighted by Crippen LogP contribution is 2.32. The summed E-state index contributed by atoms with van der Waals surface area (Å²) in [6.45, 7) is 1.90. The van der Waals surface area contributed by atoms with Gasteiger partial charge in [-0.05, 0) is 25.3 Å². The molecule has 27 heavy (non-hydrogen) atoms. The summed E-state index contributed by atoms with van der Waals surface area (Å²) in [4.78, 5) is 43.6. The molecular weight excluding hydrogens is 373 g/mol. The Kier molecular flexibility index (Phi) is 4.29. The molecule has 1 saturated heterocycles. The minimum Gasteiger partial charge on any atom is -0.479 e. The average molecular weight is 393 g/mol. The van der Waals surface area contributed by atoms with Crippen LogP contribution < -0.4 is 5.56 Å². The lowest BCUT2D eigenvalue weighted by molar-refractivity contribution is -0.149. The van der Waals surface area contributed by atoms with E-state index >= 15 is 0 Å². The number of carbonyl (C=O) groups excluding carboxylic acids is 1. The summed E-state index contributed by atoms with van der Waals surface area (Å²) in [6, 6.07) is 0. The summed E-state index contributed by atoms with van der Waals surface area (Å²) >= 11 is 1.14. The number of fused-ring (bicyclic) bond motifs is 2. The predicted octanol–water partition coefficient (Wildman–Crippen LogP) is 2.13. The third kappa shape index (κ3) is 2.84. The van der Waals surface area contributed by atoms with Crippen molar-refractivity contribution < 1.29 is 19.1 Å². The SMILES string of the molecule is Cc1c(C(=O)N2CCC(F)(C(=O)O)C2)sc2nc3n(c(=O)c12)CCCCC3. The second-order valence-corrected chi connectivity index (χ2v) is 8.28. The van der Waals surface area contributed by atoms with Crippen molar-refractivity contribution in [2.24, 2.45) is 0 Å². The Bertz CT molecular complexity index is 1010. The van der Waals surface area contributed by atoms with Crippen molar-refractivity contribution >= 4 is 33.4 Å². The molecular formula is C18H20FN3O4S. The number of carboxylic acids is 1. The number of amides is 1. The lowest BCUT2D eigenvalue weighted by Gasteiger charge is -2.17. The molecule has 2 aliphatic heterocycles. The molecule has 1 atom stereocenters. The van der Waals surface area contributed by atoms with Gasteiger partial charge >= 0.3 is 5.97 Å². The fraction of sp³-hybridized carbons (Fsp3) is 0.556. The highest BCUT2D eigenvalue weighted by molar-refractivity contribution is 7.20. The van der Waals surface area contributed by atoms with Crippen molar-refractivity contribution in [3.05, 3.63) is 26.6 Å². The molecule has 0 bridgehead atoms. The van der Waals surface area contributed by atoms with Gasteiger partial charge in [-0.15, -0.1) is 11.3 Å². The van der Waals surface area contributed by atoms with Crippen molar-refractivity contribution in [3.8, 4) is 0 Å². The Morgan fingerprint density at radius 2 is 2.04 bits per heavy atom. The van der Waals surface area contributed by atoms with Crippen molar-refractivity contribution in [3.63, 3.8) is 0 Å². The number of hydrogen-bond donors (Lipinski definition) is 1. The Balaban J connectivity index is 1.74. The van der Waals surface area contributed by atoms with E-state index in [4.69, 9.17) is 5.11 Å². The molecule has 4 rings (SSSR count). The normalized spacial score (nSPS) is 22.7. The van der Waals surface area contributed by atoms with Crippen LogP contribution in [-0.2, 0) is 17.8 Å². The standard InChI is InChI=1S/C18H20FN3O4S/c1-10-12-14(20-11-5-3-2-4-7-22(11)15(12)23)27-13(10)16(24)21-8-6-18(19,9-21)17(25)26/h2-9H2,1H3,(H,25,26). The van der Waals surface area contributed by atoms with Crippen LogP contribution in [0.4, 0.5) is 4.39 Å². The molecule has 0 aliphatic carbocycles. The van der Waals surface area contributed by atoms with Crippen molar-refractivity contribution in [1.29, 1.82) is 0 Å². The first-order chi connectivity index (χ1) is 12.8. The van der Waals surface area contributed by atoms with Gasteiger partial charge in [-0.3, -0.25) is 14.2 Å². The van der Waals surface area contributed by atoms with Gasteiger partial charge in [0, 0.05) is 25.9 Å². The molecule has 1 amide bonds. The molecule has 9 heteroatoms. The molecule has 2 aliphatic rings. The molecule has 2 aromatic heterocycles. The number of aliphatic carboxylic acids is 1. The molecule has 2 aromatic rings.